The second kappa shape index (κ2) is 9.65. The quantitative estimate of drug-likeness (QED) is 0.533. The molecule has 0 atom stereocenters. The molecule has 2 heterocycles. The monoisotopic (exact) mass is 426 g/mol. The summed E-state index contributed by atoms with van der Waals surface area (Å²) in [6.45, 7) is 4.66. The maximum Gasteiger partial charge on any atom is 0.292 e. The second-order valence-corrected chi connectivity index (χ2v) is 7.59. The minimum absolute atomic E-state index is 0.0170. The Bertz CT molecular complexity index is 943. The molecule has 0 bridgehead atoms. The lowest BCUT2D eigenvalue weighted by molar-refractivity contribution is -0.384. The number of fused-ring (bicyclic) bond motifs is 1. The van der Waals surface area contributed by atoms with Crippen molar-refractivity contribution >= 4 is 17.3 Å². The molecule has 0 radical (unpaired) electrons. The summed E-state index contributed by atoms with van der Waals surface area (Å²) in [4.78, 5) is 27.3. The van der Waals surface area contributed by atoms with E-state index in [-0.39, 0.29) is 16.5 Å². The highest BCUT2D eigenvalue weighted by Gasteiger charge is 2.24. The SMILES string of the molecule is O=C(CN1CCN(c2ccccc2[N+](=O)[O-])CC1)NCCc1ccc2c(c1)OCCO2. The van der Waals surface area contributed by atoms with Crippen LogP contribution in [0.25, 0.3) is 0 Å². The molecule has 2 aromatic carbocycles. The van der Waals surface area contributed by atoms with Crippen LogP contribution < -0.4 is 19.7 Å². The van der Waals surface area contributed by atoms with E-state index < -0.39 is 0 Å². The first-order chi connectivity index (χ1) is 15.1. The molecule has 1 fully saturated rings. The number of ether oxygens (including phenoxy) is 2. The summed E-state index contributed by atoms with van der Waals surface area (Å²) in [6, 6.07) is 12.6. The molecule has 31 heavy (non-hydrogen) atoms. The lowest BCUT2D eigenvalue weighted by Gasteiger charge is -2.35. The summed E-state index contributed by atoms with van der Waals surface area (Å²) in [6.07, 6.45) is 0.716. The number of benzene rings is 2. The molecule has 1 saturated heterocycles. The highest BCUT2D eigenvalue weighted by molar-refractivity contribution is 5.78. The molecule has 164 valence electrons. The van der Waals surface area contributed by atoms with Crippen LogP contribution in [0.4, 0.5) is 11.4 Å². The zero-order valence-corrected chi connectivity index (χ0v) is 17.3. The second-order valence-electron chi connectivity index (χ2n) is 7.59. The molecule has 2 aromatic rings. The predicted octanol–water partition coefficient (Wildman–Crippen LogP) is 1.85. The Morgan fingerprint density at radius 3 is 2.55 bits per heavy atom. The van der Waals surface area contributed by atoms with Crippen LogP contribution in [0.2, 0.25) is 0 Å². The fraction of sp³-hybridized carbons (Fsp3) is 0.409. The third-order valence-electron chi connectivity index (χ3n) is 5.50. The van der Waals surface area contributed by atoms with E-state index >= 15 is 0 Å². The zero-order chi connectivity index (χ0) is 21.6. The Hall–Kier alpha value is -3.33. The first kappa shape index (κ1) is 20.9. The summed E-state index contributed by atoms with van der Waals surface area (Å²) >= 11 is 0. The van der Waals surface area contributed by atoms with Gasteiger partial charge in [0, 0.05) is 38.8 Å². The first-order valence-electron chi connectivity index (χ1n) is 10.5. The molecule has 0 spiro atoms. The molecule has 9 nitrogen and oxygen atoms in total. The Morgan fingerprint density at radius 2 is 1.77 bits per heavy atom. The summed E-state index contributed by atoms with van der Waals surface area (Å²) in [5, 5.41) is 14.2. The predicted molar refractivity (Wildman–Crippen MR) is 116 cm³/mol. The molecule has 1 N–H and O–H groups in total. The van der Waals surface area contributed by atoms with Gasteiger partial charge in [-0.05, 0) is 30.2 Å². The third-order valence-corrected chi connectivity index (χ3v) is 5.50. The van der Waals surface area contributed by atoms with Gasteiger partial charge in [-0.2, -0.15) is 0 Å². The molecule has 4 rings (SSSR count). The van der Waals surface area contributed by atoms with Gasteiger partial charge in [-0.3, -0.25) is 19.8 Å². The summed E-state index contributed by atoms with van der Waals surface area (Å²) < 4.78 is 11.1. The van der Waals surface area contributed by atoms with Crippen molar-refractivity contribution in [2.45, 2.75) is 6.42 Å². The van der Waals surface area contributed by atoms with Crippen LogP contribution in [0.3, 0.4) is 0 Å². The lowest BCUT2D eigenvalue weighted by atomic mass is 10.1. The number of rotatable bonds is 7. The Labute approximate surface area is 180 Å². The van der Waals surface area contributed by atoms with E-state index in [1.54, 1.807) is 12.1 Å². The van der Waals surface area contributed by atoms with Crippen LogP contribution in [-0.2, 0) is 11.2 Å². The molecule has 2 aliphatic heterocycles. The van der Waals surface area contributed by atoms with Crippen molar-refractivity contribution in [2.75, 3.05) is 57.4 Å². The van der Waals surface area contributed by atoms with E-state index in [0.29, 0.717) is 64.6 Å². The fourth-order valence-corrected chi connectivity index (χ4v) is 3.88. The van der Waals surface area contributed by atoms with Gasteiger partial charge in [0.2, 0.25) is 5.91 Å². The third kappa shape index (κ3) is 5.24. The van der Waals surface area contributed by atoms with Gasteiger partial charge >= 0.3 is 0 Å². The van der Waals surface area contributed by atoms with Crippen molar-refractivity contribution in [3.05, 3.63) is 58.1 Å². The van der Waals surface area contributed by atoms with Gasteiger partial charge in [-0.1, -0.05) is 18.2 Å². The summed E-state index contributed by atoms with van der Waals surface area (Å²) in [5.41, 5.74) is 1.84. The van der Waals surface area contributed by atoms with Crippen molar-refractivity contribution in [3.8, 4) is 11.5 Å². The molecule has 0 saturated carbocycles. The van der Waals surface area contributed by atoms with Crippen LogP contribution >= 0.6 is 0 Å². The maximum atomic E-state index is 12.3. The highest BCUT2D eigenvalue weighted by Crippen LogP contribution is 2.31. The van der Waals surface area contributed by atoms with Gasteiger partial charge in [-0.15, -0.1) is 0 Å². The fourth-order valence-electron chi connectivity index (χ4n) is 3.88. The minimum Gasteiger partial charge on any atom is -0.486 e. The number of hydrogen-bond acceptors (Lipinski definition) is 7. The number of amides is 1. The van der Waals surface area contributed by atoms with Gasteiger partial charge in [0.05, 0.1) is 11.5 Å². The lowest BCUT2D eigenvalue weighted by Crippen LogP contribution is -2.49. The van der Waals surface area contributed by atoms with Crippen molar-refractivity contribution in [1.29, 1.82) is 0 Å². The smallest absolute Gasteiger partial charge is 0.292 e. The van der Waals surface area contributed by atoms with Crippen molar-refractivity contribution in [3.63, 3.8) is 0 Å². The number of piperazine rings is 1. The number of nitrogens with one attached hydrogen (secondary N) is 1. The minimum atomic E-state index is -0.350. The number of anilines is 1. The van der Waals surface area contributed by atoms with Crippen LogP contribution in [0.1, 0.15) is 5.56 Å². The maximum absolute atomic E-state index is 12.3. The summed E-state index contributed by atoms with van der Waals surface area (Å²) in [5.74, 6) is 1.50. The van der Waals surface area contributed by atoms with Gasteiger partial charge in [-0.25, -0.2) is 0 Å². The molecule has 0 aliphatic carbocycles. The van der Waals surface area contributed by atoms with Gasteiger partial charge in [0.15, 0.2) is 11.5 Å². The topological polar surface area (TPSA) is 97.2 Å². The Balaban J connectivity index is 1.20. The van der Waals surface area contributed by atoms with E-state index in [1.807, 2.05) is 29.2 Å². The number of carbonyl (C=O) groups is 1. The number of para-hydroxylation sites is 2. The first-order valence-corrected chi connectivity index (χ1v) is 10.5. The summed E-state index contributed by atoms with van der Waals surface area (Å²) in [7, 11) is 0. The van der Waals surface area contributed by atoms with Crippen LogP contribution in [-0.4, -0.2) is 68.2 Å². The van der Waals surface area contributed by atoms with Crippen LogP contribution in [0.5, 0.6) is 11.5 Å². The largest absolute Gasteiger partial charge is 0.486 e. The average molecular weight is 426 g/mol. The Kier molecular flexibility index (Phi) is 6.51. The standard InChI is InChI=1S/C22H26N4O5/c27-22(23-8-7-17-5-6-20-21(15-17)31-14-13-30-20)16-24-9-11-25(12-10-24)18-3-1-2-4-19(18)26(28)29/h1-6,15H,7-14,16H2,(H,23,27). The van der Waals surface area contributed by atoms with E-state index in [4.69, 9.17) is 9.47 Å². The molecule has 2 aliphatic rings. The highest BCUT2D eigenvalue weighted by atomic mass is 16.6. The van der Waals surface area contributed by atoms with Crippen molar-refractivity contribution in [1.82, 2.24) is 10.2 Å². The molecule has 0 unspecified atom stereocenters. The zero-order valence-electron chi connectivity index (χ0n) is 17.3. The number of carbonyl (C=O) groups excluding carboxylic acids is 1. The van der Waals surface area contributed by atoms with Gasteiger partial charge < -0.3 is 19.7 Å². The van der Waals surface area contributed by atoms with Crippen LogP contribution in [0, 0.1) is 10.1 Å². The Morgan fingerprint density at radius 1 is 1.03 bits per heavy atom. The number of hydrogen-bond donors (Lipinski definition) is 1. The van der Waals surface area contributed by atoms with E-state index in [9.17, 15) is 14.9 Å². The molecular formula is C22H26N4O5. The normalized spacial score (nSPS) is 16.1. The number of nitrogens with zero attached hydrogens (tertiary/aromatic N) is 3. The van der Waals surface area contributed by atoms with Crippen molar-refractivity contribution in [2.24, 2.45) is 0 Å². The number of nitro groups is 1. The van der Waals surface area contributed by atoms with Crippen molar-refractivity contribution < 1.29 is 19.2 Å². The molecule has 9 heteroatoms. The number of nitro benzene ring substituents is 1. The molecule has 1 amide bonds. The molecule has 0 aromatic heterocycles. The van der Waals surface area contributed by atoms with E-state index in [0.717, 1.165) is 17.1 Å². The average Bonchev–Trinajstić information content (AvgIpc) is 2.79. The van der Waals surface area contributed by atoms with Crippen LogP contribution in [0.15, 0.2) is 42.5 Å². The molecular weight excluding hydrogens is 400 g/mol. The van der Waals surface area contributed by atoms with E-state index in [2.05, 4.69) is 10.2 Å². The van der Waals surface area contributed by atoms with E-state index in [1.165, 1.54) is 6.07 Å². The van der Waals surface area contributed by atoms with Gasteiger partial charge in [0.25, 0.3) is 5.69 Å². The van der Waals surface area contributed by atoms with Gasteiger partial charge in [0.1, 0.15) is 18.9 Å².